The zero-order valence-electron chi connectivity index (χ0n) is 14.1. The molecule has 0 N–H and O–H groups in total. The lowest BCUT2D eigenvalue weighted by atomic mass is 10.0. The average Bonchev–Trinajstić information content (AvgIpc) is 3.33. The molecule has 1 amide bonds. The Hall–Kier alpha value is -2.96. The first-order valence-corrected chi connectivity index (χ1v) is 8.43. The maximum atomic E-state index is 12.7. The van der Waals surface area contributed by atoms with Gasteiger partial charge >= 0.3 is 0 Å². The molecule has 3 heterocycles. The van der Waals surface area contributed by atoms with E-state index in [-0.39, 0.29) is 5.91 Å². The summed E-state index contributed by atoms with van der Waals surface area (Å²) in [5.41, 5.74) is 1.62. The summed E-state index contributed by atoms with van der Waals surface area (Å²) < 4.78 is 3.80. The Bertz CT molecular complexity index is 844. The number of likely N-dealkylation sites (tertiary alicyclic amines) is 1. The van der Waals surface area contributed by atoms with E-state index in [1.165, 1.54) is 0 Å². The lowest BCUT2D eigenvalue weighted by Gasteiger charge is -2.32. The van der Waals surface area contributed by atoms with Gasteiger partial charge in [0.15, 0.2) is 5.82 Å². The zero-order chi connectivity index (χ0) is 17.2. The van der Waals surface area contributed by atoms with Crippen LogP contribution < -0.4 is 0 Å². The van der Waals surface area contributed by atoms with Gasteiger partial charge in [-0.05, 0) is 25.0 Å². The quantitative estimate of drug-likeness (QED) is 0.735. The van der Waals surface area contributed by atoms with Crippen LogP contribution in [0.25, 0.3) is 11.4 Å². The third kappa shape index (κ3) is 3.17. The summed E-state index contributed by atoms with van der Waals surface area (Å²) in [6.45, 7) is 1.54. The van der Waals surface area contributed by atoms with Crippen molar-refractivity contribution in [2.45, 2.75) is 18.9 Å². The molecule has 7 heteroatoms. The van der Waals surface area contributed by atoms with Gasteiger partial charge in [-0.2, -0.15) is 5.10 Å². The molecule has 0 atom stereocenters. The molecule has 0 unspecified atom stereocenters. The maximum absolute atomic E-state index is 12.7. The van der Waals surface area contributed by atoms with Crippen LogP contribution in [-0.4, -0.2) is 48.2 Å². The molecule has 128 valence electrons. The van der Waals surface area contributed by atoms with Crippen LogP contribution in [0.2, 0.25) is 0 Å². The van der Waals surface area contributed by atoms with Crippen LogP contribution in [0.3, 0.4) is 0 Å². The highest BCUT2D eigenvalue weighted by atomic mass is 16.2. The highest BCUT2D eigenvalue weighted by Gasteiger charge is 2.24. The molecule has 1 saturated heterocycles. The van der Waals surface area contributed by atoms with E-state index < -0.39 is 0 Å². The van der Waals surface area contributed by atoms with Crippen LogP contribution in [0.4, 0.5) is 0 Å². The molecule has 0 radical (unpaired) electrons. The summed E-state index contributed by atoms with van der Waals surface area (Å²) in [6.07, 6.45) is 9.23. The molecule has 3 aromatic rings. The summed E-state index contributed by atoms with van der Waals surface area (Å²) in [5.74, 6) is 0.757. The fourth-order valence-electron chi connectivity index (χ4n) is 3.27. The van der Waals surface area contributed by atoms with E-state index in [4.69, 9.17) is 0 Å². The van der Waals surface area contributed by atoms with E-state index in [1.54, 1.807) is 17.2 Å². The molecule has 1 aliphatic rings. The fraction of sp³-hybridized carbons (Fsp3) is 0.333. The minimum absolute atomic E-state index is 0.0876. The number of carbonyl (C=O) groups excluding carboxylic acids is 1. The summed E-state index contributed by atoms with van der Waals surface area (Å²) in [7, 11) is 1.84. The minimum Gasteiger partial charge on any atom is -0.338 e. The number of imidazole rings is 1. The van der Waals surface area contributed by atoms with Crippen LogP contribution >= 0.6 is 0 Å². The molecule has 0 saturated carbocycles. The second kappa shape index (κ2) is 6.51. The standard InChI is InChI=1S/C18H20N6O/c1-22-13-20-17(21-22)14-2-4-15(5-3-14)18(25)23-9-6-16(7-10-23)24-11-8-19-12-24/h2-5,8,11-13,16H,6-7,9-10H2,1H3. The van der Waals surface area contributed by atoms with E-state index in [1.807, 2.05) is 48.7 Å². The fourth-order valence-corrected chi connectivity index (χ4v) is 3.27. The van der Waals surface area contributed by atoms with Crippen molar-refractivity contribution in [1.82, 2.24) is 29.2 Å². The van der Waals surface area contributed by atoms with Gasteiger partial charge in [0.2, 0.25) is 0 Å². The van der Waals surface area contributed by atoms with Gasteiger partial charge in [0.25, 0.3) is 5.91 Å². The van der Waals surface area contributed by atoms with Crippen molar-refractivity contribution < 1.29 is 4.79 Å². The zero-order valence-corrected chi connectivity index (χ0v) is 14.1. The molecule has 0 bridgehead atoms. The lowest BCUT2D eigenvalue weighted by molar-refractivity contribution is 0.0694. The number of amides is 1. The van der Waals surface area contributed by atoms with Crippen LogP contribution in [0.15, 0.2) is 49.3 Å². The second-order valence-electron chi connectivity index (χ2n) is 6.35. The number of aromatic nitrogens is 5. The second-order valence-corrected chi connectivity index (χ2v) is 6.35. The first kappa shape index (κ1) is 15.6. The number of piperidine rings is 1. The highest BCUT2D eigenvalue weighted by Crippen LogP contribution is 2.24. The number of rotatable bonds is 3. The van der Waals surface area contributed by atoms with Crippen LogP contribution in [0.5, 0.6) is 0 Å². The lowest BCUT2D eigenvalue weighted by Crippen LogP contribution is -2.38. The average molecular weight is 336 g/mol. The van der Waals surface area contributed by atoms with Crippen molar-refractivity contribution in [3.63, 3.8) is 0 Å². The Morgan fingerprint density at radius 3 is 2.48 bits per heavy atom. The van der Waals surface area contributed by atoms with Crippen molar-refractivity contribution in [2.75, 3.05) is 13.1 Å². The summed E-state index contributed by atoms with van der Waals surface area (Å²) >= 11 is 0. The Morgan fingerprint density at radius 2 is 1.88 bits per heavy atom. The molecule has 25 heavy (non-hydrogen) atoms. The first-order chi connectivity index (χ1) is 12.2. The Morgan fingerprint density at radius 1 is 1.12 bits per heavy atom. The molecular formula is C18H20N6O. The molecule has 1 aliphatic heterocycles. The molecule has 7 nitrogen and oxygen atoms in total. The number of nitrogens with zero attached hydrogens (tertiary/aromatic N) is 6. The Kier molecular flexibility index (Phi) is 4.05. The van der Waals surface area contributed by atoms with Gasteiger partial charge in [-0.15, -0.1) is 0 Å². The van der Waals surface area contributed by atoms with E-state index in [0.29, 0.717) is 17.4 Å². The van der Waals surface area contributed by atoms with E-state index >= 15 is 0 Å². The van der Waals surface area contributed by atoms with Crippen molar-refractivity contribution in [2.24, 2.45) is 7.05 Å². The van der Waals surface area contributed by atoms with Gasteiger partial charge in [-0.3, -0.25) is 9.48 Å². The highest BCUT2D eigenvalue weighted by molar-refractivity contribution is 5.94. The van der Waals surface area contributed by atoms with Crippen LogP contribution in [0.1, 0.15) is 29.2 Å². The van der Waals surface area contributed by atoms with Crippen LogP contribution in [-0.2, 0) is 7.05 Å². The summed E-state index contributed by atoms with van der Waals surface area (Å²) in [4.78, 5) is 23.0. The molecule has 0 spiro atoms. The van der Waals surface area contributed by atoms with Gasteiger partial charge < -0.3 is 9.47 Å². The van der Waals surface area contributed by atoms with E-state index in [2.05, 4.69) is 19.6 Å². The van der Waals surface area contributed by atoms with Gasteiger partial charge in [0.05, 0.1) is 6.33 Å². The van der Waals surface area contributed by atoms with E-state index in [0.717, 1.165) is 31.5 Å². The predicted octanol–water partition coefficient (Wildman–Crippen LogP) is 2.16. The third-order valence-corrected chi connectivity index (χ3v) is 4.69. The van der Waals surface area contributed by atoms with Gasteiger partial charge in [-0.25, -0.2) is 9.97 Å². The normalized spacial score (nSPS) is 15.5. The number of benzene rings is 1. The van der Waals surface area contributed by atoms with Gasteiger partial charge in [0.1, 0.15) is 6.33 Å². The van der Waals surface area contributed by atoms with Crippen LogP contribution in [0, 0.1) is 0 Å². The Labute approximate surface area is 145 Å². The van der Waals surface area contributed by atoms with Gasteiger partial charge in [0, 0.05) is 49.7 Å². The summed E-state index contributed by atoms with van der Waals surface area (Å²) in [5, 5.41) is 4.28. The number of hydrogen-bond donors (Lipinski definition) is 0. The Balaban J connectivity index is 1.41. The first-order valence-electron chi connectivity index (χ1n) is 8.43. The third-order valence-electron chi connectivity index (χ3n) is 4.69. The number of hydrogen-bond acceptors (Lipinski definition) is 4. The molecule has 2 aromatic heterocycles. The van der Waals surface area contributed by atoms with Crippen molar-refractivity contribution in [1.29, 1.82) is 0 Å². The molecular weight excluding hydrogens is 316 g/mol. The van der Waals surface area contributed by atoms with Crippen molar-refractivity contribution in [3.8, 4) is 11.4 Å². The predicted molar refractivity (Wildman–Crippen MR) is 92.8 cm³/mol. The molecule has 4 rings (SSSR count). The van der Waals surface area contributed by atoms with Gasteiger partial charge in [-0.1, -0.05) is 12.1 Å². The SMILES string of the molecule is Cn1cnc(-c2ccc(C(=O)N3CCC(n4ccnc4)CC3)cc2)n1. The maximum Gasteiger partial charge on any atom is 0.253 e. The number of carbonyl (C=O) groups is 1. The smallest absolute Gasteiger partial charge is 0.253 e. The largest absolute Gasteiger partial charge is 0.338 e. The molecule has 0 aliphatic carbocycles. The van der Waals surface area contributed by atoms with Crippen molar-refractivity contribution in [3.05, 3.63) is 54.9 Å². The monoisotopic (exact) mass is 336 g/mol. The molecule has 1 fully saturated rings. The number of aryl methyl sites for hydroxylation is 1. The summed E-state index contributed by atoms with van der Waals surface area (Å²) in [6, 6.07) is 7.96. The van der Waals surface area contributed by atoms with E-state index in [9.17, 15) is 4.79 Å². The minimum atomic E-state index is 0.0876. The molecule has 1 aromatic carbocycles. The van der Waals surface area contributed by atoms with Crippen molar-refractivity contribution >= 4 is 5.91 Å². The topological polar surface area (TPSA) is 68.8 Å².